The zero-order valence-electron chi connectivity index (χ0n) is 26.5. The molecule has 0 saturated carbocycles. The van der Waals surface area contributed by atoms with Crippen LogP contribution in [-0.4, -0.2) is 70.0 Å². The molecule has 21 nitrogen and oxygen atoms in total. The van der Waals surface area contributed by atoms with Crippen LogP contribution in [-0.2, 0) is 30.4 Å². The Morgan fingerprint density at radius 1 is 0.667 bits per heavy atom. The first-order valence-electron chi connectivity index (χ1n) is 14.4. The van der Waals surface area contributed by atoms with Crippen molar-refractivity contribution in [3.63, 3.8) is 0 Å². The van der Waals surface area contributed by atoms with Crippen LogP contribution < -0.4 is 10.6 Å². The van der Waals surface area contributed by atoms with Gasteiger partial charge in [0.25, 0.3) is 30.4 Å². The van der Waals surface area contributed by atoms with Crippen molar-refractivity contribution >= 4 is 71.0 Å². The molecule has 280 valence electrons. The fourth-order valence-electron chi connectivity index (χ4n) is 4.31. The second-order valence-corrected chi connectivity index (χ2v) is 14.8. The summed E-state index contributed by atoms with van der Waals surface area (Å²) in [6.07, 6.45) is -2.88. The van der Waals surface area contributed by atoms with Gasteiger partial charge in [-0.15, -0.1) is 5.11 Å². The summed E-state index contributed by atoms with van der Waals surface area (Å²) in [6.45, 7) is 0. The van der Waals surface area contributed by atoms with Gasteiger partial charge in [0.1, 0.15) is 11.4 Å². The van der Waals surface area contributed by atoms with Gasteiger partial charge in [-0.3, -0.25) is 13.7 Å². The minimum Gasteiger partial charge on any atom is -0.504 e. The van der Waals surface area contributed by atoms with Crippen LogP contribution in [0, 0.1) is 6.08 Å². The van der Waals surface area contributed by atoms with Crippen LogP contribution in [0.4, 0.5) is 39.0 Å². The van der Waals surface area contributed by atoms with E-state index in [0.29, 0.717) is 12.1 Å². The van der Waals surface area contributed by atoms with Crippen molar-refractivity contribution in [2.45, 2.75) is 20.9 Å². The van der Waals surface area contributed by atoms with Crippen molar-refractivity contribution in [2.75, 3.05) is 10.6 Å². The number of phenols is 1. The Kier molecular flexibility index (Phi) is 11.0. The summed E-state index contributed by atoms with van der Waals surface area (Å²) in [6, 6.07) is 16.1. The molecule has 5 rings (SSSR count). The molecule has 1 unspecified atom stereocenters. The number of rotatable bonds is 13. The Morgan fingerprint density at radius 2 is 1.24 bits per heavy atom. The smallest absolute Gasteiger partial charge is 0.337 e. The van der Waals surface area contributed by atoms with Gasteiger partial charge in [-0.05, 0) is 48.5 Å². The minimum absolute atomic E-state index is 0.0176. The molecule has 0 aliphatic heterocycles. The summed E-state index contributed by atoms with van der Waals surface area (Å²) in [7, 11) is -14.4. The molecule has 0 amide bonds. The van der Waals surface area contributed by atoms with Gasteiger partial charge in [-0.25, -0.2) is 4.79 Å². The molecular formula is C29H22FN9O12S3. The van der Waals surface area contributed by atoms with E-state index in [1.54, 1.807) is 18.2 Å². The molecular weight excluding hydrogens is 782 g/mol. The Morgan fingerprint density at radius 3 is 1.85 bits per heavy atom. The summed E-state index contributed by atoms with van der Waals surface area (Å²) in [5.41, 5.74) is -2.01. The number of aromatic nitrogens is 3. The molecule has 54 heavy (non-hydrogen) atoms. The average Bonchev–Trinajstić information content (AvgIpc) is 3.08. The fourth-order valence-corrected chi connectivity index (χ4v) is 5.86. The topological polar surface area (TPSA) is 333 Å². The summed E-state index contributed by atoms with van der Waals surface area (Å²) < 4.78 is 114. The quantitative estimate of drug-likeness (QED) is 0.0456. The number of halogens is 1. The molecule has 0 bridgehead atoms. The zero-order valence-corrected chi connectivity index (χ0v) is 28.9. The molecule has 0 spiro atoms. The molecule has 4 aromatic carbocycles. The maximum absolute atomic E-state index is 14.5. The molecule has 7 N–H and O–H groups in total. The number of hydrogen-bond acceptors (Lipinski definition) is 17. The number of azo groups is 2. The van der Waals surface area contributed by atoms with Crippen molar-refractivity contribution in [3.05, 3.63) is 102 Å². The minimum atomic E-state index is -5.03. The summed E-state index contributed by atoms with van der Waals surface area (Å²) in [5, 5.41) is 41.0. The molecule has 0 saturated heterocycles. The second-order valence-electron chi connectivity index (χ2n) is 10.5. The van der Waals surface area contributed by atoms with Crippen molar-refractivity contribution in [1.29, 1.82) is 0 Å². The number of phenolic OH excluding ortho intramolecular Hbond substituents is 1. The highest BCUT2D eigenvalue weighted by molar-refractivity contribution is 7.86. The lowest BCUT2D eigenvalue weighted by Crippen LogP contribution is -2.07. The van der Waals surface area contributed by atoms with E-state index in [1.165, 1.54) is 24.3 Å². The summed E-state index contributed by atoms with van der Waals surface area (Å²) in [5.74, 6) is -3.56. The highest BCUT2D eigenvalue weighted by Crippen LogP contribution is 2.40. The largest absolute Gasteiger partial charge is 0.504 e. The standard InChI is InChI=1S/C29H22FN9O12S3/c30-27-33-28(31-16-7-4-8-17(11-16)52(43,44)45)35-29(34-27)32-22-13-19(54(49,50)51)14-23(24(22)40)37-39-25(15-5-2-1-3-6-15)38-36-21-12-18(53(46,47)48)9-10-20(21)26(41)42/h1-14,25,40H,(H,41,42)(H,43,44,45)(H,46,47,48)(H,49,50,51)(H2,31,32,33,34,35). The third-order valence-electron chi connectivity index (χ3n) is 6.75. The van der Waals surface area contributed by atoms with Crippen LogP contribution in [0.2, 0.25) is 0 Å². The molecule has 5 aromatic rings. The van der Waals surface area contributed by atoms with Gasteiger partial charge in [0.15, 0.2) is 5.75 Å². The first kappa shape index (κ1) is 38.8. The molecule has 0 aliphatic rings. The van der Waals surface area contributed by atoms with Crippen molar-refractivity contribution in [1.82, 2.24) is 15.0 Å². The van der Waals surface area contributed by atoms with Gasteiger partial charge in [0.2, 0.25) is 18.1 Å². The third kappa shape index (κ3) is 9.73. The van der Waals surface area contributed by atoms with Crippen LogP contribution in [0.1, 0.15) is 22.1 Å². The Balaban J connectivity index is 1.53. The van der Waals surface area contributed by atoms with Crippen LogP contribution >= 0.6 is 0 Å². The molecule has 0 fully saturated rings. The van der Waals surface area contributed by atoms with Crippen molar-refractivity contribution in [3.8, 4) is 5.75 Å². The van der Waals surface area contributed by atoms with Crippen LogP contribution in [0.3, 0.4) is 0 Å². The maximum atomic E-state index is 14.5. The van der Waals surface area contributed by atoms with Crippen molar-refractivity contribution < 1.29 is 58.3 Å². The van der Waals surface area contributed by atoms with Gasteiger partial charge in [0.05, 0.1) is 25.9 Å². The van der Waals surface area contributed by atoms with Gasteiger partial charge in [-0.1, -0.05) is 36.4 Å². The van der Waals surface area contributed by atoms with Crippen molar-refractivity contribution in [2.24, 2.45) is 20.5 Å². The highest BCUT2D eigenvalue weighted by atomic mass is 32.2. The zero-order chi connectivity index (χ0) is 39.4. The van der Waals surface area contributed by atoms with Gasteiger partial charge in [0, 0.05) is 11.3 Å². The molecule has 25 heteroatoms. The van der Waals surface area contributed by atoms with E-state index in [2.05, 4.69) is 46.0 Å². The monoisotopic (exact) mass is 803 g/mol. The number of aromatic hydroxyl groups is 1. The first-order chi connectivity index (χ1) is 25.3. The highest BCUT2D eigenvalue weighted by Gasteiger charge is 2.21. The van der Waals surface area contributed by atoms with E-state index >= 15 is 0 Å². The number of nitrogens with one attached hydrogen (secondary N) is 2. The first-order valence-corrected chi connectivity index (χ1v) is 18.7. The predicted molar refractivity (Wildman–Crippen MR) is 182 cm³/mol. The predicted octanol–water partition coefficient (Wildman–Crippen LogP) is 5.21. The number of carboxylic acids is 1. The van der Waals surface area contributed by atoms with Crippen LogP contribution in [0.5, 0.6) is 5.75 Å². The Hall–Kier alpha value is -6.38. The number of nitrogens with zero attached hydrogens (tertiary/aromatic N) is 7. The molecule has 0 aliphatic carbocycles. The second kappa shape index (κ2) is 15.3. The van der Waals surface area contributed by atoms with E-state index in [0.717, 1.165) is 30.3 Å². The summed E-state index contributed by atoms with van der Waals surface area (Å²) >= 11 is 0. The third-order valence-corrected chi connectivity index (χ3v) is 9.28. The summed E-state index contributed by atoms with van der Waals surface area (Å²) in [4.78, 5) is 20.4. The lowest BCUT2D eigenvalue weighted by atomic mass is 10.2. The number of benzene rings is 4. The van der Waals surface area contributed by atoms with E-state index in [1.807, 2.05) is 0 Å². The molecule has 0 radical (unpaired) electrons. The van der Waals surface area contributed by atoms with E-state index in [-0.39, 0.29) is 11.3 Å². The lowest BCUT2D eigenvalue weighted by Gasteiger charge is -2.12. The normalized spacial score (nSPS) is 12.9. The molecule has 1 aromatic heterocycles. The van der Waals surface area contributed by atoms with Gasteiger partial charge in [-0.2, -0.15) is 59.9 Å². The van der Waals surface area contributed by atoms with E-state index < -0.39 is 104 Å². The Labute approximate surface area is 303 Å². The van der Waals surface area contributed by atoms with Crippen LogP contribution in [0.25, 0.3) is 0 Å². The maximum Gasteiger partial charge on any atom is 0.337 e. The number of carbonyl (C=O) groups is 1. The number of aromatic carboxylic acids is 1. The molecule has 1 atom stereocenters. The number of carboxylic acid groups (broad SMARTS) is 1. The number of hydrogen-bond donors (Lipinski definition) is 7. The SMILES string of the molecule is O=C(O)c1ccc(S(=O)(=O)O)cc1N=NC(N=Nc1cc(S(=O)(=O)O)cc(Nc2nc(F)nc(Nc3cccc(S(=O)(=O)O)c3)n2)c1O)c1ccccc1. The Bertz CT molecular complexity index is 2670. The van der Waals surface area contributed by atoms with Gasteiger partial charge < -0.3 is 20.8 Å². The fraction of sp³-hybridized carbons (Fsp3) is 0.0345. The number of anilines is 4. The van der Waals surface area contributed by atoms with E-state index in [4.69, 9.17) is 0 Å². The average molecular weight is 804 g/mol. The molecule has 1 heterocycles. The van der Waals surface area contributed by atoms with E-state index in [9.17, 15) is 58.3 Å². The van der Waals surface area contributed by atoms with Gasteiger partial charge >= 0.3 is 12.0 Å². The van der Waals surface area contributed by atoms with Crippen LogP contribution in [0.15, 0.2) is 120 Å². The lowest BCUT2D eigenvalue weighted by molar-refractivity contribution is 0.0697.